The van der Waals surface area contributed by atoms with E-state index in [1.807, 2.05) is 12.1 Å². The van der Waals surface area contributed by atoms with Crippen molar-refractivity contribution in [3.8, 4) is 0 Å². The maximum absolute atomic E-state index is 11.8. The number of rotatable bonds is 2. The first-order valence-corrected chi connectivity index (χ1v) is 5.20. The molecule has 1 fully saturated rings. The van der Waals surface area contributed by atoms with Crippen LogP contribution in [-0.2, 0) is 4.79 Å². The van der Waals surface area contributed by atoms with E-state index in [0.29, 0.717) is 11.7 Å². The lowest BCUT2D eigenvalue weighted by molar-refractivity contribution is -0.120. The van der Waals surface area contributed by atoms with Gasteiger partial charge in [0.2, 0.25) is 5.91 Å². The highest BCUT2D eigenvalue weighted by Crippen LogP contribution is 2.17. The number of amides is 1. The summed E-state index contributed by atoms with van der Waals surface area (Å²) < 4.78 is 0. The number of hydrogen-bond donors (Lipinski definition) is 2. The van der Waals surface area contributed by atoms with Crippen molar-refractivity contribution in [3.63, 3.8) is 0 Å². The molecule has 0 spiro atoms. The van der Waals surface area contributed by atoms with Gasteiger partial charge in [0, 0.05) is 12.7 Å². The van der Waals surface area contributed by atoms with Gasteiger partial charge in [-0.1, -0.05) is 13.0 Å². The van der Waals surface area contributed by atoms with E-state index in [2.05, 4.69) is 22.5 Å². The van der Waals surface area contributed by atoms with Gasteiger partial charge in [-0.15, -0.1) is 0 Å². The van der Waals surface area contributed by atoms with Crippen molar-refractivity contribution >= 4 is 11.7 Å². The maximum atomic E-state index is 11.8. The van der Waals surface area contributed by atoms with E-state index in [1.54, 1.807) is 12.3 Å². The zero-order valence-electron chi connectivity index (χ0n) is 8.73. The van der Waals surface area contributed by atoms with E-state index in [0.717, 1.165) is 13.1 Å². The molecule has 0 bridgehead atoms. The predicted octanol–water partition coefficient (Wildman–Crippen LogP) is 0.876. The van der Waals surface area contributed by atoms with Crippen molar-refractivity contribution < 1.29 is 4.79 Å². The van der Waals surface area contributed by atoms with Crippen LogP contribution in [-0.4, -0.2) is 24.0 Å². The van der Waals surface area contributed by atoms with Crippen molar-refractivity contribution in [2.24, 2.45) is 11.8 Å². The van der Waals surface area contributed by atoms with Crippen LogP contribution in [0.15, 0.2) is 24.4 Å². The van der Waals surface area contributed by atoms with Crippen molar-refractivity contribution in [3.05, 3.63) is 24.4 Å². The standard InChI is InChI=1S/C11H15N3O/c1-8-6-12-7-9(8)11(15)14-10-4-2-3-5-13-10/h2-5,8-9,12H,6-7H2,1H3,(H,13,14,15). The Kier molecular flexibility index (Phi) is 2.97. The number of pyridine rings is 1. The zero-order valence-corrected chi connectivity index (χ0v) is 8.73. The molecule has 1 aromatic heterocycles. The Balaban J connectivity index is 1.98. The molecular formula is C11H15N3O. The lowest BCUT2D eigenvalue weighted by Crippen LogP contribution is -2.28. The lowest BCUT2D eigenvalue weighted by Gasteiger charge is -2.13. The lowest BCUT2D eigenvalue weighted by atomic mass is 9.97. The molecule has 1 aliphatic rings. The average Bonchev–Trinajstić information content (AvgIpc) is 2.66. The Bertz CT molecular complexity index is 339. The highest BCUT2D eigenvalue weighted by Gasteiger charge is 2.29. The fourth-order valence-electron chi connectivity index (χ4n) is 1.82. The van der Waals surface area contributed by atoms with Gasteiger partial charge in [-0.25, -0.2) is 4.98 Å². The molecule has 0 aliphatic carbocycles. The van der Waals surface area contributed by atoms with Gasteiger partial charge < -0.3 is 10.6 Å². The first-order valence-electron chi connectivity index (χ1n) is 5.20. The third-order valence-electron chi connectivity index (χ3n) is 2.77. The predicted molar refractivity (Wildman–Crippen MR) is 58.4 cm³/mol. The molecule has 1 amide bonds. The van der Waals surface area contributed by atoms with Crippen LogP contribution in [0.25, 0.3) is 0 Å². The van der Waals surface area contributed by atoms with Crippen LogP contribution in [0.3, 0.4) is 0 Å². The summed E-state index contributed by atoms with van der Waals surface area (Å²) in [6.45, 7) is 3.77. The second kappa shape index (κ2) is 4.40. The minimum Gasteiger partial charge on any atom is -0.316 e. The van der Waals surface area contributed by atoms with Crippen LogP contribution < -0.4 is 10.6 Å². The number of hydrogen-bond acceptors (Lipinski definition) is 3. The van der Waals surface area contributed by atoms with Crippen molar-refractivity contribution in [2.75, 3.05) is 18.4 Å². The van der Waals surface area contributed by atoms with Gasteiger partial charge in [0.1, 0.15) is 5.82 Å². The highest BCUT2D eigenvalue weighted by atomic mass is 16.2. The zero-order chi connectivity index (χ0) is 10.7. The van der Waals surface area contributed by atoms with E-state index in [-0.39, 0.29) is 11.8 Å². The van der Waals surface area contributed by atoms with Crippen LogP contribution >= 0.6 is 0 Å². The number of anilines is 1. The van der Waals surface area contributed by atoms with E-state index in [1.165, 1.54) is 0 Å². The molecule has 2 unspecified atom stereocenters. The van der Waals surface area contributed by atoms with E-state index < -0.39 is 0 Å². The van der Waals surface area contributed by atoms with Gasteiger partial charge in [-0.05, 0) is 24.6 Å². The van der Waals surface area contributed by atoms with Gasteiger partial charge in [0.25, 0.3) is 0 Å². The van der Waals surface area contributed by atoms with Gasteiger partial charge in [-0.2, -0.15) is 0 Å². The van der Waals surface area contributed by atoms with Gasteiger partial charge in [0.05, 0.1) is 5.92 Å². The third-order valence-corrected chi connectivity index (χ3v) is 2.77. The molecule has 0 saturated carbocycles. The maximum Gasteiger partial charge on any atom is 0.230 e. The third kappa shape index (κ3) is 2.33. The summed E-state index contributed by atoms with van der Waals surface area (Å²) in [5.74, 6) is 1.15. The fraction of sp³-hybridized carbons (Fsp3) is 0.455. The second-order valence-electron chi connectivity index (χ2n) is 3.95. The molecule has 1 aliphatic heterocycles. The second-order valence-corrected chi connectivity index (χ2v) is 3.95. The molecule has 4 heteroatoms. The quantitative estimate of drug-likeness (QED) is 0.753. The number of carbonyl (C=O) groups is 1. The van der Waals surface area contributed by atoms with Crippen LogP contribution in [0.5, 0.6) is 0 Å². The summed E-state index contributed by atoms with van der Waals surface area (Å²) in [5.41, 5.74) is 0. The molecule has 4 nitrogen and oxygen atoms in total. The summed E-state index contributed by atoms with van der Waals surface area (Å²) in [6.07, 6.45) is 1.67. The Morgan fingerprint density at radius 3 is 3.00 bits per heavy atom. The largest absolute Gasteiger partial charge is 0.316 e. The first kappa shape index (κ1) is 10.1. The SMILES string of the molecule is CC1CNCC1C(=O)Nc1ccccn1. The number of nitrogens with zero attached hydrogens (tertiary/aromatic N) is 1. The van der Waals surface area contributed by atoms with Crippen molar-refractivity contribution in [1.82, 2.24) is 10.3 Å². The summed E-state index contributed by atoms with van der Waals surface area (Å²) in [7, 11) is 0. The molecule has 15 heavy (non-hydrogen) atoms. The summed E-state index contributed by atoms with van der Waals surface area (Å²) in [6, 6.07) is 5.49. The number of carbonyl (C=O) groups excluding carboxylic acids is 1. The summed E-state index contributed by atoms with van der Waals surface area (Å²) in [4.78, 5) is 15.9. The highest BCUT2D eigenvalue weighted by molar-refractivity contribution is 5.92. The van der Waals surface area contributed by atoms with E-state index in [4.69, 9.17) is 0 Å². The Labute approximate surface area is 89.1 Å². The Hall–Kier alpha value is -1.42. The molecule has 80 valence electrons. The van der Waals surface area contributed by atoms with Gasteiger partial charge in [0.15, 0.2) is 0 Å². The van der Waals surface area contributed by atoms with Crippen molar-refractivity contribution in [2.45, 2.75) is 6.92 Å². The summed E-state index contributed by atoms with van der Waals surface area (Å²) >= 11 is 0. The Morgan fingerprint density at radius 1 is 1.53 bits per heavy atom. The molecular weight excluding hydrogens is 190 g/mol. The van der Waals surface area contributed by atoms with Crippen molar-refractivity contribution in [1.29, 1.82) is 0 Å². The van der Waals surface area contributed by atoms with E-state index in [9.17, 15) is 4.79 Å². The van der Waals surface area contributed by atoms with E-state index >= 15 is 0 Å². The molecule has 1 aromatic rings. The fourth-order valence-corrected chi connectivity index (χ4v) is 1.82. The minimum absolute atomic E-state index is 0.0613. The molecule has 0 radical (unpaired) electrons. The topological polar surface area (TPSA) is 54.0 Å². The molecule has 0 aromatic carbocycles. The molecule has 2 heterocycles. The molecule has 2 atom stereocenters. The summed E-state index contributed by atoms with van der Waals surface area (Å²) in [5, 5.41) is 6.03. The van der Waals surface area contributed by atoms with Gasteiger partial charge >= 0.3 is 0 Å². The van der Waals surface area contributed by atoms with Crippen LogP contribution in [0.4, 0.5) is 5.82 Å². The number of nitrogens with one attached hydrogen (secondary N) is 2. The normalized spacial score (nSPS) is 25.1. The first-order chi connectivity index (χ1) is 7.27. The van der Waals surface area contributed by atoms with Gasteiger partial charge in [-0.3, -0.25) is 4.79 Å². The average molecular weight is 205 g/mol. The minimum atomic E-state index is 0.0613. The molecule has 1 saturated heterocycles. The smallest absolute Gasteiger partial charge is 0.230 e. The number of aromatic nitrogens is 1. The van der Waals surface area contributed by atoms with Crippen LogP contribution in [0, 0.1) is 11.8 Å². The molecule has 2 rings (SSSR count). The monoisotopic (exact) mass is 205 g/mol. The van der Waals surface area contributed by atoms with Crippen LogP contribution in [0.1, 0.15) is 6.92 Å². The molecule has 2 N–H and O–H groups in total. The van der Waals surface area contributed by atoms with Crippen LogP contribution in [0.2, 0.25) is 0 Å². The Morgan fingerprint density at radius 2 is 2.40 bits per heavy atom.